The molecule has 1 heterocycles. The molecule has 0 spiro atoms. The van der Waals surface area contributed by atoms with Crippen LogP contribution in [0.15, 0.2) is 18.2 Å². The maximum Gasteiger partial charge on any atom is 0.244 e. The number of anilines is 1. The smallest absolute Gasteiger partial charge is 0.244 e. The molecule has 0 aliphatic carbocycles. The summed E-state index contributed by atoms with van der Waals surface area (Å²) in [6, 6.07) is 4.89. The second-order valence-corrected chi connectivity index (χ2v) is 5.71. The lowest BCUT2D eigenvalue weighted by molar-refractivity contribution is -0.135. The van der Waals surface area contributed by atoms with Gasteiger partial charge in [-0.15, -0.1) is 0 Å². The van der Waals surface area contributed by atoms with Gasteiger partial charge in [0, 0.05) is 18.7 Å². The number of rotatable bonds is 4. The summed E-state index contributed by atoms with van der Waals surface area (Å²) in [4.78, 5) is 14.4. The van der Waals surface area contributed by atoms with Crippen LogP contribution in [-0.4, -0.2) is 48.1 Å². The van der Waals surface area contributed by atoms with Crippen molar-refractivity contribution in [3.63, 3.8) is 0 Å². The monoisotopic (exact) mass is 327 g/mol. The number of thiocarbonyl (C=S) groups is 1. The molecule has 114 valence electrons. The predicted octanol–water partition coefficient (Wildman–Crippen LogP) is 1.63. The molecule has 1 aliphatic rings. The summed E-state index contributed by atoms with van der Waals surface area (Å²) in [7, 11) is 0. The van der Waals surface area contributed by atoms with Gasteiger partial charge in [-0.2, -0.15) is 0 Å². The Kier molecular flexibility index (Phi) is 5.39. The molecule has 1 aliphatic heterocycles. The van der Waals surface area contributed by atoms with Gasteiger partial charge in [0.05, 0.1) is 23.9 Å². The average Bonchev–Trinajstić information content (AvgIpc) is 2.49. The fraction of sp³-hybridized carbons (Fsp3) is 0.429. The summed E-state index contributed by atoms with van der Waals surface area (Å²) in [5.74, 6) is 0.0350. The highest BCUT2D eigenvalue weighted by atomic mass is 35.5. The van der Waals surface area contributed by atoms with Crippen molar-refractivity contribution in [2.45, 2.75) is 13.0 Å². The summed E-state index contributed by atoms with van der Waals surface area (Å²) in [5, 5.41) is 3.61. The van der Waals surface area contributed by atoms with Gasteiger partial charge in [0.15, 0.2) is 0 Å². The van der Waals surface area contributed by atoms with Gasteiger partial charge in [-0.05, 0) is 25.1 Å². The highest BCUT2D eigenvalue weighted by Gasteiger charge is 2.22. The van der Waals surface area contributed by atoms with Crippen molar-refractivity contribution in [3.8, 4) is 0 Å². The molecule has 5 nitrogen and oxygen atoms in total. The van der Waals surface area contributed by atoms with E-state index >= 15 is 0 Å². The van der Waals surface area contributed by atoms with E-state index in [1.54, 1.807) is 23.1 Å². The first-order valence-corrected chi connectivity index (χ1v) is 7.50. The number of nitrogens with one attached hydrogen (secondary N) is 1. The minimum Gasteiger partial charge on any atom is -0.389 e. The Bertz CT molecular complexity index is 547. The number of carbonyl (C=O) groups excluding carboxylic acids is 1. The number of carbonyl (C=O) groups is 1. The Morgan fingerprint density at radius 2 is 2.14 bits per heavy atom. The van der Waals surface area contributed by atoms with Crippen molar-refractivity contribution in [1.29, 1.82) is 0 Å². The number of nitrogens with zero attached hydrogens (tertiary/aromatic N) is 1. The number of nitrogens with two attached hydrogens (primary N) is 1. The maximum atomic E-state index is 12.3. The van der Waals surface area contributed by atoms with Crippen molar-refractivity contribution < 1.29 is 9.53 Å². The van der Waals surface area contributed by atoms with E-state index in [1.165, 1.54) is 0 Å². The van der Waals surface area contributed by atoms with Crippen LogP contribution >= 0.6 is 23.8 Å². The van der Waals surface area contributed by atoms with Gasteiger partial charge < -0.3 is 20.7 Å². The van der Waals surface area contributed by atoms with E-state index in [0.717, 1.165) is 0 Å². The van der Waals surface area contributed by atoms with Crippen molar-refractivity contribution in [3.05, 3.63) is 28.8 Å². The van der Waals surface area contributed by atoms with Gasteiger partial charge in [-0.3, -0.25) is 4.79 Å². The first kappa shape index (κ1) is 16.0. The van der Waals surface area contributed by atoms with E-state index in [-0.39, 0.29) is 11.9 Å². The molecule has 1 aromatic carbocycles. The topological polar surface area (TPSA) is 67.6 Å². The van der Waals surface area contributed by atoms with Crippen LogP contribution in [0.5, 0.6) is 0 Å². The summed E-state index contributed by atoms with van der Waals surface area (Å²) in [6.45, 7) is 4.23. The molecule has 3 N–H and O–H groups in total. The minimum absolute atomic E-state index is 0.0350. The van der Waals surface area contributed by atoms with E-state index in [4.69, 9.17) is 34.3 Å². The molecule has 1 unspecified atom stereocenters. The van der Waals surface area contributed by atoms with E-state index in [2.05, 4.69) is 5.32 Å². The van der Waals surface area contributed by atoms with Crippen LogP contribution in [-0.2, 0) is 9.53 Å². The molecule has 1 amide bonds. The summed E-state index contributed by atoms with van der Waals surface area (Å²) in [5.41, 5.74) is 6.95. The first-order chi connectivity index (χ1) is 9.99. The van der Waals surface area contributed by atoms with Gasteiger partial charge in [0.25, 0.3) is 0 Å². The molecule has 0 saturated carbocycles. The van der Waals surface area contributed by atoms with Crippen molar-refractivity contribution in [2.75, 3.05) is 31.6 Å². The summed E-state index contributed by atoms with van der Waals surface area (Å²) >= 11 is 11.1. The van der Waals surface area contributed by atoms with Crippen LogP contribution in [0.2, 0.25) is 5.02 Å². The standard InChI is InChI=1S/C14H18ClN3O2S/c1-9(14(19)18-4-6-20-7-5-18)17-12-3-2-10(13(16)21)8-11(12)15/h2-3,8-9,17H,4-7H2,1H3,(H2,16,21). The van der Waals surface area contributed by atoms with Crippen LogP contribution in [0.1, 0.15) is 12.5 Å². The molecule has 7 heteroatoms. The Morgan fingerprint density at radius 1 is 1.48 bits per heavy atom. The zero-order chi connectivity index (χ0) is 15.4. The van der Waals surface area contributed by atoms with E-state index in [9.17, 15) is 4.79 Å². The second-order valence-electron chi connectivity index (χ2n) is 4.86. The number of benzene rings is 1. The number of hydrogen-bond donors (Lipinski definition) is 2. The normalized spacial score (nSPS) is 16.4. The largest absolute Gasteiger partial charge is 0.389 e. The van der Waals surface area contributed by atoms with Gasteiger partial charge >= 0.3 is 0 Å². The SMILES string of the molecule is CC(Nc1ccc(C(N)=S)cc1Cl)C(=O)N1CCOCC1. The first-order valence-electron chi connectivity index (χ1n) is 6.71. The number of amides is 1. The van der Waals surface area contributed by atoms with E-state index < -0.39 is 0 Å². The molecule has 1 aromatic rings. The van der Waals surface area contributed by atoms with E-state index in [1.807, 2.05) is 6.92 Å². The number of ether oxygens (including phenoxy) is 1. The lowest BCUT2D eigenvalue weighted by Crippen LogP contribution is -2.47. The fourth-order valence-corrected chi connectivity index (χ4v) is 2.50. The molecule has 0 aromatic heterocycles. The maximum absolute atomic E-state index is 12.3. The second kappa shape index (κ2) is 7.06. The van der Waals surface area contributed by atoms with Crippen molar-refractivity contribution >= 4 is 40.4 Å². The molecular formula is C14H18ClN3O2S. The van der Waals surface area contributed by atoms with E-state index in [0.29, 0.717) is 47.6 Å². The molecule has 21 heavy (non-hydrogen) atoms. The van der Waals surface area contributed by atoms with Crippen LogP contribution in [0.4, 0.5) is 5.69 Å². The minimum atomic E-state index is -0.365. The lowest BCUT2D eigenvalue weighted by Gasteiger charge is -2.30. The predicted molar refractivity (Wildman–Crippen MR) is 87.8 cm³/mol. The van der Waals surface area contributed by atoms with Crippen LogP contribution < -0.4 is 11.1 Å². The number of morpholine rings is 1. The molecule has 2 rings (SSSR count). The van der Waals surface area contributed by atoms with Gasteiger partial charge in [-0.1, -0.05) is 23.8 Å². The van der Waals surface area contributed by atoms with Gasteiger partial charge in [0.2, 0.25) is 5.91 Å². The highest BCUT2D eigenvalue weighted by molar-refractivity contribution is 7.80. The molecule has 0 bridgehead atoms. The number of hydrogen-bond acceptors (Lipinski definition) is 4. The van der Waals surface area contributed by atoms with Crippen molar-refractivity contribution in [2.24, 2.45) is 5.73 Å². The Hall–Kier alpha value is -1.37. The van der Waals surface area contributed by atoms with Crippen molar-refractivity contribution in [1.82, 2.24) is 4.90 Å². The van der Waals surface area contributed by atoms with Crippen LogP contribution in [0, 0.1) is 0 Å². The zero-order valence-electron chi connectivity index (χ0n) is 11.8. The van der Waals surface area contributed by atoms with Crippen LogP contribution in [0.25, 0.3) is 0 Å². The summed E-state index contributed by atoms with van der Waals surface area (Å²) in [6.07, 6.45) is 0. The van der Waals surface area contributed by atoms with Gasteiger partial charge in [0.1, 0.15) is 11.0 Å². The lowest BCUT2D eigenvalue weighted by atomic mass is 10.2. The Morgan fingerprint density at radius 3 is 2.71 bits per heavy atom. The average molecular weight is 328 g/mol. The molecule has 1 atom stereocenters. The number of halogens is 1. The quantitative estimate of drug-likeness (QED) is 0.823. The van der Waals surface area contributed by atoms with Gasteiger partial charge in [-0.25, -0.2) is 0 Å². The molecule has 1 fully saturated rings. The van der Waals surface area contributed by atoms with Crippen LogP contribution in [0.3, 0.4) is 0 Å². The third-order valence-electron chi connectivity index (χ3n) is 3.32. The highest BCUT2D eigenvalue weighted by Crippen LogP contribution is 2.24. The molecular weight excluding hydrogens is 310 g/mol. The third-order valence-corrected chi connectivity index (χ3v) is 3.87. The molecule has 1 saturated heterocycles. The Balaban J connectivity index is 2.03. The zero-order valence-corrected chi connectivity index (χ0v) is 13.3. The Labute approximate surface area is 134 Å². The summed E-state index contributed by atoms with van der Waals surface area (Å²) < 4.78 is 5.24. The molecule has 0 radical (unpaired) electrons. The fourth-order valence-electron chi connectivity index (χ4n) is 2.14. The third kappa shape index (κ3) is 4.06.